The highest BCUT2D eigenvalue weighted by atomic mass is 79.9. The van der Waals surface area contributed by atoms with Gasteiger partial charge in [-0.05, 0) is 43.8 Å². The summed E-state index contributed by atoms with van der Waals surface area (Å²) in [5.41, 5.74) is 3.14. The first-order chi connectivity index (χ1) is 10.2. The van der Waals surface area contributed by atoms with E-state index in [0.29, 0.717) is 12.5 Å². The van der Waals surface area contributed by atoms with Crippen molar-refractivity contribution < 1.29 is 9.47 Å². The summed E-state index contributed by atoms with van der Waals surface area (Å²) in [7, 11) is 3.54. The van der Waals surface area contributed by atoms with Crippen LogP contribution in [0.2, 0.25) is 0 Å². The lowest BCUT2D eigenvalue weighted by Crippen LogP contribution is -2.09. The maximum Gasteiger partial charge on any atom is 0.219 e. The molecule has 4 nitrogen and oxygen atoms in total. The van der Waals surface area contributed by atoms with Gasteiger partial charge in [0.15, 0.2) is 0 Å². The number of aryl methyl sites for hydroxylation is 1. The van der Waals surface area contributed by atoms with Crippen LogP contribution in [0.5, 0.6) is 11.6 Å². The zero-order valence-corrected chi connectivity index (χ0v) is 14.0. The number of nitrogens with zero attached hydrogens (tertiary/aromatic N) is 1. The molecular weight excluding hydrogens is 332 g/mol. The van der Waals surface area contributed by atoms with Crippen LogP contribution >= 0.6 is 15.9 Å². The van der Waals surface area contributed by atoms with E-state index in [1.54, 1.807) is 13.3 Å². The lowest BCUT2D eigenvalue weighted by atomic mass is 10.1. The van der Waals surface area contributed by atoms with Crippen molar-refractivity contribution in [1.82, 2.24) is 10.3 Å². The van der Waals surface area contributed by atoms with Crippen LogP contribution in [0.15, 0.2) is 34.9 Å². The zero-order valence-electron chi connectivity index (χ0n) is 12.4. The average molecular weight is 351 g/mol. The van der Waals surface area contributed by atoms with Crippen molar-refractivity contribution >= 4 is 15.9 Å². The number of aromatic nitrogens is 1. The Morgan fingerprint density at radius 1 is 1.29 bits per heavy atom. The van der Waals surface area contributed by atoms with Crippen LogP contribution in [-0.4, -0.2) is 19.1 Å². The third-order valence-corrected chi connectivity index (χ3v) is 3.56. The van der Waals surface area contributed by atoms with Crippen LogP contribution in [-0.2, 0) is 13.2 Å². The van der Waals surface area contributed by atoms with Crippen molar-refractivity contribution in [2.45, 2.75) is 20.1 Å². The molecule has 0 bridgehead atoms. The Labute approximate surface area is 133 Å². The van der Waals surface area contributed by atoms with Crippen LogP contribution in [0, 0.1) is 6.92 Å². The fourth-order valence-electron chi connectivity index (χ4n) is 2.20. The van der Waals surface area contributed by atoms with E-state index < -0.39 is 0 Å². The molecule has 0 aliphatic carbocycles. The standard InChI is InChI=1S/C16H19BrN2O2/c1-11-7-14(17)8-13(9-18-2)15(11)21-10-12-5-4-6-19-16(12)20-3/h4-8,18H,9-10H2,1-3H3. The van der Waals surface area contributed by atoms with Crippen molar-refractivity contribution in [3.8, 4) is 11.6 Å². The highest BCUT2D eigenvalue weighted by molar-refractivity contribution is 9.10. The molecule has 0 radical (unpaired) electrons. The van der Waals surface area contributed by atoms with Crippen LogP contribution in [0.3, 0.4) is 0 Å². The third-order valence-electron chi connectivity index (χ3n) is 3.10. The molecule has 0 spiro atoms. The molecule has 21 heavy (non-hydrogen) atoms. The number of hydrogen-bond donors (Lipinski definition) is 1. The molecule has 112 valence electrons. The predicted molar refractivity (Wildman–Crippen MR) is 86.8 cm³/mol. The van der Waals surface area contributed by atoms with Crippen molar-refractivity contribution in [3.05, 3.63) is 51.6 Å². The number of halogens is 1. The van der Waals surface area contributed by atoms with Gasteiger partial charge in [-0.1, -0.05) is 15.9 Å². The highest BCUT2D eigenvalue weighted by Crippen LogP contribution is 2.29. The second-order valence-corrected chi connectivity index (χ2v) is 5.62. The Morgan fingerprint density at radius 2 is 2.10 bits per heavy atom. The number of hydrogen-bond acceptors (Lipinski definition) is 4. The number of pyridine rings is 1. The van der Waals surface area contributed by atoms with Gasteiger partial charge in [-0.2, -0.15) is 0 Å². The number of rotatable bonds is 6. The SMILES string of the molecule is CNCc1cc(Br)cc(C)c1OCc1cccnc1OC. The predicted octanol–water partition coefficient (Wildman–Crippen LogP) is 3.46. The normalized spacial score (nSPS) is 10.5. The molecule has 1 heterocycles. The Morgan fingerprint density at radius 3 is 2.81 bits per heavy atom. The molecule has 2 rings (SSSR count). The molecule has 0 saturated carbocycles. The topological polar surface area (TPSA) is 43.4 Å². The highest BCUT2D eigenvalue weighted by Gasteiger charge is 2.11. The summed E-state index contributed by atoms with van der Waals surface area (Å²) in [6, 6.07) is 7.95. The summed E-state index contributed by atoms with van der Waals surface area (Å²) in [6.45, 7) is 3.22. The smallest absolute Gasteiger partial charge is 0.219 e. The van der Waals surface area contributed by atoms with Crippen LogP contribution in [0.4, 0.5) is 0 Å². The Hall–Kier alpha value is -1.59. The van der Waals surface area contributed by atoms with E-state index in [0.717, 1.165) is 33.5 Å². The molecule has 0 saturated heterocycles. The molecule has 5 heteroatoms. The van der Waals surface area contributed by atoms with Crippen LogP contribution < -0.4 is 14.8 Å². The largest absolute Gasteiger partial charge is 0.488 e. The van der Waals surface area contributed by atoms with Gasteiger partial charge in [-0.3, -0.25) is 0 Å². The first kappa shape index (κ1) is 15.8. The summed E-state index contributed by atoms with van der Waals surface area (Å²) in [5.74, 6) is 1.50. The maximum absolute atomic E-state index is 6.02. The third kappa shape index (κ3) is 3.95. The van der Waals surface area contributed by atoms with Crippen molar-refractivity contribution in [2.24, 2.45) is 0 Å². The fraction of sp³-hybridized carbons (Fsp3) is 0.312. The van der Waals surface area contributed by atoms with Crippen molar-refractivity contribution in [2.75, 3.05) is 14.2 Å². The van der Waals surface area contributed by atoms with Gasteiger partial charge in [-0.15, -0.1) is 0 Å². The summed E-state index contributed by atoms with van der Waals surface area (Å²) in [6.07, 6.45) is 1.71. The molecule has 0 amide bonds. The van der Waals surface area contributed by atoms with E-state index in [-0.39, 0.29) is 0 Å². The van der Waals surface area contributed by atoms with Crippen LogP contribution in [0.1, 0.15) is 16.7 Å². The van der Waals surface area contributed by atoms with Gasteiger partial charge in [0, 0.05) is 22.8 Å². The molecule has 0 unspecified atom stereocenters. The molecule has 0 atom stereocenters. The molecule has 2 aromatic rings. The lowest BCUT2D eigenvalue weighted by Gasteiger charge is -2.15. The summed E-state index contributed by atoms with van der Waals surface area (Å²) < 4.78 is 12.3. The Balaban J connectivity index is 2.23. The van der Waals surface area contributed by atoms with E-state index in [4.69, 9.17) is 9.47 Å². The van der Waals surface area contributed by atoms with Gasteiger partial charge in [0.05, 0.1) is 12.7 Å². The monoisotopic (exact) mass is 350 g/mol. The fourth-order valence-corrected chi connectivity index (χ4v) is 2.81. The van der Waals surface area contributed by atoms with Gasteiger partial charge in [-0.25, -0.2) is 4.98 Å². The zero-order chi connectivity index (χ0) is 15.2. The molecule has 1 aromatic heterocycles. The minimum atomic E-state index is 0.427. The second-order valence-electron chi connectivity index (χ2n) is 4.70. The van der Waals surface area contributed by atoms with Gasteiger partial charge >= 0.3 is 0 Å². The molecule has 0 aliphatic heterocycles. The molecule has 1 N–H and O–H groups in total. The maximum atomic E-state index is 6.02. The number of nitrogens with one attached hydrogen (secondary N) is 1. The second kappa shape index (κ2) is 7.43. The molecule has 0 fully saturated rings. The van der Waals surface area contributed by atoms with Gasteiger partial charge in [0.25, 0.3) is 0 Å². The van der Waals surface area contributed by atoms with Gasteiger partial charge < -0.3 is 14.8 Å². The summed E-state index contributed by atoms with van der Waals surface area (Å²) in [5, 5.41) is 3.16. The minimum Gasteiger partial charge on any atom is -0.488 e. The van der Waals surface area contributed by atoms with E-state index in [1.165, 1.54) is 0 Å². The minimum absolute atomic E-state index is 0.427. The first-order valence-electron chi connectivity index (χ1n) is 6.70. The number of methoxy groups -OCH3 is 1. The quantitative estimate of drug-likeness (QED) is 0.866. The molecular formula is C16H19BrN2O2. The van der Waals surface area contributed by atoms with E-state index in [9.17, 15) is 0 Å². The molecule has 1 aromatic carbocycles. The lowest BCUT2D eigenvalue weighted by molar-refractivity contribution is 0.289. The number of ether oxygens (including phenoxy) is 2. The van der Waals surface area contributed by atoms with Gasteiger partial charge in [0.1, 0.15) is 12.4 Å². The summed E-state index contributed by atoms with van der Waals surface area (Å²) >= 11 is 3.52. The summed E-state index contributed by atoms with van der Waals surface area (Å²) in [4.78, 5) is 4.18. The van der Waals surface area contributed by atoms with Crippen LogP contribution in [0.25, 0.3) is 0 Å². The first-order valence-corrected chi connectivity index (χ1v) is 7.49. The molecule has 0 aliphatic rings. The van der Waals surface area contributed by atoms with Gasteiger partial charge in [0.2, 0.25) is 5.88 Å². The van der Waals surface area contributed by atoms with E-state index in [2.05, 4.69) is 38.4 Å². The Bertz CT molecular complexity index is 617. The number of benzene rings is 1. The van der Waals surface area contributed by atoms with E-state index in [1.807, 2.05) is 26.1 Å². The average Bonchev–Trinajstić information content (AvgIpc) is 2.47. The van der Waals surface area contributed by atoms with E-state index >= 15 is 0 Å². The Kier molecular flexibility index (Phi) is 5.59. The van der Waals surface area contributed by atoms with Crippen molar-refractivity contribution in [3.63, 3.8) is 0 Å². The van der Waals surface area contributed by atoms with Crippen molar-refractivity contribution in [1.29, 1.82) is 0 Å².